The van der Waals surface area contributed by atoms with Crippen LogP contribution in [0.2, 0.25) is 0 Å². The van der Waals surface area contributed by atoms with E-state index in [1.165, 1.54) is 27.1 Å². The van der Waals surface area contributed by atoms with Gasteiger partial charge < -0.3 is 0 Å². The molecule has 2 aromatic rings. The Hall–Kier alpha value is -1.54. The van der Waals surface area contributed by atoms with Crippen LogP contribution < -0.4 is 0 Å². The van der Waals surface area contributed by atoms with Crippen molar-refractivity contribution in [2.24, 2.45) is 0 Å². The van der Waals surface area contributed by atoms with E-state index in [9.17, 15) is 4.79 Å². The number of benzene rings is 2. The maximum atomic E-state index is 12.6. The highest BCUT2D eigenvalue weighted by Crippen LogP contribution is 2.40. The molecular weight excluding hydrogens is 264 g/mol. The van der Waals surface area contributed by atoms with Crippen molar-refractivity contribution in [3.63, 3.8) is 0 Å². The Labute approximate surface area is 124 Å². The van der Waals surface area contributed by atoms with Gasteiger partial charge in [-0.05, 0) is 36.6 Å². The number of ketones is 1. The van der Waals surface area contributed by atoms with Crippen LogP contribution in [0.4, 0.5) is 0 Å². The van der Waals surface area contributed by atoms with Crippen molar-refractivity contribution in [3.05, 3.63) is 64.7 Å². The van der Waals surface area contributed by atoms with E-state index >= 15 is 0 Å². The third kappa shape index (κ3) is 2.53. The predicted octanol–water partition coefficient (Wildman–Crippen LogP) is 4.30. The number of carbonyl (C=O) groups is 1. The molecule has 2 aromatic carbocycles. The van der Waals surface area contributed by atoms with Gasteiger partial charge in [0.05, 0.1) is 5.92 Å². The molecule has 0 saturated heterocycles. The summed E-state index contributed by atoms with van der Waals surface area (Å²) < 4.78 is 0. The highest BCUT2D eigenvalue weighted by molar-refractivity contribution is 7.99. The number of hydrogen-bond donors (Lipinski definition) is 0. The molecular formula is C18H18OS. The quantitative estimate of drug-likeness (QED) is 0.834. The molecule has 0 saturated carbocycles. The van der Waals surface area contributed by atoms with Crippen LogP contribution in [0.25, 0.3) is 0 Å². The number of fused-ring (bicyclic) bond motifs is 1. The summed E-state index contributed by atoms with van der Waals surface area (Å²) in [6.07, 6.45) is 0.549. The Morgan fingerprint density at radius 3 is 2.85 bits per heavy atom. The zero-order valence-corrected chi connectivity index (χ0v) is 12.7. The molecule has 1 nitrogen and oxygen atoms in total. The summed E-state index contributed by atoms with van der Waals surface area (Å²) >= 11 is 1.80. The van der Waals surface area contributed by atoms with Crippen LogP contribution in [-0.4, -0.2) is 11.5 Å². The molecule has 0 aromatic heterocycles. The van der Waals surface area contributed by atoms with Crippen molar-refractivity contribution in [1.82, 2.24) is 0 Å². The minimum absolute atomic E-state index is 0.0658. The van der Waals surface area contributed by atoms with Crippen LogP contribution in [0.3, 0.4) is 0 Å². The Bertz CT molecular complexity index is 660. The molecule has 2 heteroatoms. The predicted molar refractivity (Wildman–Crippen MR) is 84.5 cm³/mol. The molecule has 0 fully saturated rings. The van der Waals surface area contributed by atoms with Gasteiger partial charge in [-0.25, -0.2) is 0 Å². The van der Waals surface area contributed by atoms with Crippen LogP contribution in [0.5, 0.6) is 0 Å². The fourth-order valence-corrected chi connectivity index (χ4v) is 3.99. The Balaban J connectivity index is 1.83. The third-order valence-corrected chi connectivity index (χ3v) is 5.14. The van der Waals surface area contributed by atoms with Gasteiger partial charge in [-0.3, -0.25) is 4.79 Å². The molecule has 1 aliphatic rings. The van der Waals surface area contributed by atoms with Gasteiger partial charge >= 0.3 is 0 Å². The molecule has 102 valence electrons. The molecule has 0 N–H and O–H groups in total. The van der Waals surface area contributed by atoms with E-state index in [-0.39, 0.29) is 5.92 Å². The standard InChI is InChI=1S/C18H18OS/c1-12-7-8-13(2)14(9-12)10-17(19)16-11-20-18-6-4-3-5-15(16)18/h3-9,16H,10-11H2,1-2H3. The van der Waals surface area contributed by atoms with E-state index in [0.29, 0.717) is 12.2 Å². The van der Waals surface area contributed by atoms with Crippen molar-refractivity contribution in [2.45, 2.75) is 31.1 Å². The van der Waals surface area contributed by atoms with Crippen molar-refractivity contribution in [2.75, 3.05) is 5.75 Å². The zero-order chi connectivity index (χ0) is 14.1. The highest BCUT2D eigenvalue weighted by atomic mass is 32.2. The summed E-state index contributed by atoms with van der Waals surface area (Å²) in [5, 5.41) is 0. The molecule has 0 amide bonds. The average Bonchev–Trinajstić information content (AvgIpc) is 2.87. The molecule has 1 aliphatic heterocycles. The van der Waals surface area contributed by atoms with E-state index in [1.807, 2.05) is 12.1 Å². The van der Waals surface area contributed by atoms with Gasteiger partial charge in [-0.15, -0.1) is 11.8 Å². The van der Waals surface area contributed by atoms with Crippen LogP contribution in [0.1, 0.15) is 28.2 Å². The normalized spacial score (nSPS) is 17.0. The first-order valence-electron chi connectivity index (χ1n) is 6.96. The molecule has 1 atom stereocenters. The SMILES string of the molecule is Cc1ccc(C)c(CC(=O)C2CSc3ccccc32)c1. The Morgan fingerprint density at radius 2 is 2.00 bits per heavy atom. The van der Waals surface area contributed by atoms with E-state index in [2.05, 4.69) is 44.2 Å². The van der Waals surface area contributed by atoms with Crippen LogP contribution in [0, 0.1) is 13.8 Å². The summed E-state index contributed by atoms with van der Waals surface area (Å²) in [5.74, 6) is 1.30. The molecule has 0 radical (unpaired) electrons. The fraction of sp³-hybridized carbons (Fsp3) is 0.278. The second-order valence-electron chi connectivity index (χ2n) is 5.47. The summed E-state index contributed by atoms with van der Waals surface area (Å²) in [7, 11) is 0. The maximum Gasteiger partial charge on any atom is 0.145 e. The number of hydrogen-bond acceptors (Lipinski definition) is 2. The van der Waals surface area contributed by atoms with E-state index < -0.39 is 0 Å². The molecule has 1 heterocycles. The first-order valence-corrected chi connectivity index (χ1v) is 7.94. The first-order chi connectivity index (χ1) is 9.65. The summed E-state index contributed by atoms with van der Waals surface area (Å²) in [6, 6.07) is 14.6. The number of Topliss-reactive ketones (excluding diaryl/α,β-unsaturated/α-hetero) is 1. The Morgan fingerprint density at radius 1 is 1.20 bits per heavy atom. The van der Waals surface area contributed by atoms with Gasteiger partial charge in [0, 0.05) is 17.1 Å². The summed E-state index contributed by atoms with van der Waals surface area (Å²) in [4.78, 5) is 13.9. The van der Waals surface area contributed by atoms with Gasteiger partial charge in [0.25, 0.3) is 0 Å². The van der Waals surface area contributed by atoms with Crippen molar-refractivity contribution in [3.8, 4) is 0 Å². The lowest BCUT2D eigenvalue weighted by Crippen LogP contribution is -2.15. The summed E-state index contributed by atoms with van der Waals surface area (Å²) in [6.45, 7) is 4.16. The van der Waals surface area contributed by atoms with Crippen LogP contribution in [0.15, 0.2) is 47.4 Å². The number of thioether (sulfide) groups is 1. The molecule has 0 bridgehead atoms. The maximum absolute atomic E-state index is 12.6. The topological polar surface area (TPSA) is 17.1 Å². The smallest absolute Gasteiger partial charge is 0.145 e. The van der Waals surface area contributed by atoms with Crippen LogP contribution in [-0.2, 0) is 11.2 Å². The van der Waals surface area contributed by atoms with Crippen molar-refractivity contribution >= 4 is 17.5 Å². The zero-order valence-electron chi connectivity index (χ0n) is 11.8. The van der Waals surface area contributed by atoms with E-state index in [0.717, 1.165) is 5.75 Å². The Kier molecular flexibility index (Phi) is 3.66. The van der Waals surface area contributed by atoms with Gasteiger partial charge in [-0.2, -0.15) is 0 Å². The van der Waals surface area contributed by atoms with Gasteiger partial charge in [-0.1, -0.05) is 42.0 Å². The van der Waals surface area contributed by atoms with Crippen molar-refractivity contribution in [1.29, 1.82) is 0 Å². The lowest BCUT2D eigenvalue weighted by Gasteiger charge is -2.11. The monoisotopic (exact) mass is 282 g/mol. The van der Waals surface area contributed by atoms with Gasteiger partial charge in [0.1, 0.15) is 5.78 Å². The van der Waals surface area contributed by atoms with Crippen LogP contribution >= 0.6 is 11.8 Å². The van der Waals surface area contributed by atoms with E-state index in [1.54, 1.807) is 11.8 Å². The van der Waals surface area contributed by atoms with Crippen molar-refractivity contribution < 1.29 is 4.79 Å². The summed E-state index contributed by atoms with van der Waals surface area (Å²) in [5.41, 5.74) is 4.82. The molecule has 1 unspecified atom stereocenters. The second-order valence-corrected chi connectivity index (χ2v) is 6.54. The largest absolute Gasteiger partial charge is 0.299 e. The third-order valence-electron chi connectivity index (χ3n) is 3.96. The van der Waals surface area contributed by atoms with E-state index in [4.69, 9.17) is 0 Å². The lowest BCUT2D eigenvalue weighted by atomic mass is 9.91. The molecule has 0 spiro atoms. The highest BCUT2D eigenvalue weighted by Gasteiger charge is 2.28. The first kappa shape index (κ1) is 13.4. The second kappa shape index (κ2) is 5.45. The fourth-order valence-electron chi connectivity index (χ4n) is 2.73. The minimum Gasteiger partial charge on any atom is -0.299 e. The minimum atomic E-state index is 0.0658. The van der Waals surface area contributed by atoms with Gasteiger partial charge in [0.15, 0.2) is 0 Å². The number of aryl methyl sites for hydroxylation is 2. The van der Waals surface area contributed by atoms with Gasteiger partial charge in [0.2, 0.25) is 0 Å². The molecule has 0 aliphatic carbocycles. The lowest BCUT2D eigenvalue weighted by molar-refractivity contribution is -0.119. The molecule has 3 rings (SSSR count). The average molecular weight is 282 g/mol. The number of carbonyl (C=O) groups excluding carboxylic acids is 1. The number of rotatable bonds is 3. The molecule has 20 heavy (non-hydrogen) atoms.